The van der Waals surface area contributed by atoms with Crippen molar-refractivity contribution in [2.75, 3.05) is 0 Å². The average Bonchev–Trinajstić information content (AvgIpc) is 2.04. The minimum absolute atomic E-state index is 0.317. The van der Waals surface area contributed by atoms with Crippen LogP contribution in [0.5, 0.6) is 0 Å². The SMILES string of the molecule is CCCc1cc(Cl)nc(CCl)n1. The molecule has 0 radical (unpaired) electrons. The van der Waals surface area contributed by atoms with Gasteiger partial charge in [0.2, 0.25) is 0 Å². The molecule has 0 aliphatic carbocycles. The summed E-state index contributed by atoms with van der Waals surface area (Å²) in [6, 6.07) is 1.78. The Labute approximate surface area is 81.9 Å². The topological polar surface area (TPSA) is 25.8 Å². The van der Waals surface area contributed by atoms with Crippen LogP contribution in [0.25, 0.3) is 0 Å². The molecule has 2 nitrogen and oxygen atoms in total. The smallest absolute Gasteiger partial charge is 0.145 e. The molecule has 1 rings (SSSR count). The predicted molar refractivity (Wildman–Crippen MR) is 50.6 cm³/mol. The van der Waals surface area contributed by atoms with E-state index in [2.05, 4.69) is 16.9 Å². The van der Waals surface area contributed by atoms with Gasteiger partial charge >= 0.3 is 0 Å². The van der Waals surface area contributed by atoms with E-state index in [4.69, 9.17) is 23.2 Å². The Morgan fingerprint density at radius 2 is 2.17 bits per heavy atom. The van der Waals surface area contributed by atoms with Gasteiger partial charge in [-0.05, 0) is 12.5 Å². The Morgan fingerprint density at radius 1 is 1.42 bits per heavy atom. The van der Waals surface area contributed by atoms with Gasteiger partial charge in [0.15, 0.2) is 0 Å². The van der Waals surface area contributed by atoms with Crippen LogP contribution in [0.15, 0.2) is 6.07 Å². The minimum atomic E-state index is 0.317. The maximum atomic E-state index is 5.75. The number of hydrogen-bond acceptors (Lipinski definition) is 2. The first-order chi connectivity index (χ1) is 5.76. The van der Waals surface area contributed by atoms with E-state index in [0.29, 0.717) is 16.9 Å². The van der Waals surface area contributed by atoms with Gasteiger partial charge in [-0.1, -0.05) is 24.9 Å². The summed E-state index contributed by atoms with van der Waals surface area (Å²) >= 11 is 11.3. The third-order valence-corrected chi connectivity index (χ3v) is 1.85. The number of aryl methyl sites for hydroxylation is 1. The first kappa shape index (κ1) is 9.75. The van der Waals surface area contributed by atoms with Crippen molar-refractivity contribution < 1.29 is 0 Å². The summed E-state index contributed by atoms with van der Waals surface area (Å²) in [5, 5.41) is 0.476. The Morgan fingerprint density at radius 3 is 2.75 bits per heavy atom. The van der Waals surface area contributed by atoms with E-state index in [1.807, 2.05) is 0 Å². The molecule has 1 aromatic heterocycles. The number of rotatable bonds is 3. The van der Waals surface area contributed by atoms with Crippen LogP contribution in [-0.4, -0.2) is 9.97 Å². The van der Waals surface area contributed by atoms with Crippen LogP contribution in [0.3, 0.4) is 0 Å². The third kappa shape index (κ3) is 2.61. The zero-order valence-electron chi connectivity index (χ0n) is 6.85. The van der Waals surface area contributed by atoms with Crippen molar-refractivity contribution in [1.82, 2.24) is 9.97 Å². The van der Waals surface area contributed by atoms with Crippen molar-refractivity contribution in [2.45, 2.75) is 25.6 Å². The van der Waals surface area contributed by atoms with Gasteiger partial charge in [0, 0.05) is 5.69 Å². The fourth-order valence-electron chi connectivity index (χ4n) is 0.960. The average molecular weight is 205 g/mol. The zero-order chi connectivity index (χ0) is 8.97. The van der Waals surface area contributed by atoms with Crippen molar-refractivity contribution in [3.8, 4) is 0 Å². The minimum Gasteiger partial charge on any atom is -0.237 e. The Bertz CT molecular complexity index is 263. The molecule has 1 heterocycles. The van der Waals surface area contributed by atoms with Crippen LogP contribution in [0.4, 0.5) is 0 Å². The van der Waals surface area contributed by atoms with Gasteiger partial charge in [0.1, 0.15) is 11.0 Å². The Balaban J connectivity index is 2.90. The van der Waals surface area contributed by atoms with E-state index >= 15 is 0 Å². The normalized spacial score (nSPS) is 10.2. The highest BCUT2D eigenvalue weighted by atomic mass is 35.5. The van der Waals surface area contributed by atoms with E-state index in [9.17, 15) is 0 Å². The van der Waals surface area contributed by atoms with Crippen LogP contribution >= 0.6 is 23.2 Å². The standard InChI is InChI=1S/C8H10Cl2N2/c1-2-3-6-4-7(10)12-8(5-9)11-6/h4H,2-3,5H2,1H3. The maximum absolute atomic E-state index is 5.75. The molecule has 0 aliphatic heterocycles. The highest BCUT2D eigenvalue weighted by Gasteiger charge is 2.00. The molecule has 0 amide bonds. The lowest BCUT2D eigenvalue weighted by atomic mass is 10.2. The molecule has 0 N–H and O–H groups in total. The summed E-state index contributed by atoms with van der Waals surface area (Å²) in [4.78, 5) is 8.17. The van der Waals surface area contributed by atoms with Crippen LogP contribution in [-0.2, 0) is 12.3 Å². The first-order valence-electron chi connectivity index (χ1n) is 3.84. The van der Waals surface area contributed by atoms with Crippen molar-refractivity contribution >= 4 is 23.2 Å². The van der Waals surface area contributed by atoms with E-state index in [0.717, 1.165) is 18.5 Å². The molecule has 4 heteroatoms. The number of aromatic nitrogens is 2. The molecule has 12 heavy (non-hydrogen) atoms. The van der Waals surface area contributed by atoms with Gasteiger partial charge in [0.25, 0.3) is 0 Å². The number of hydrogen-bond donors (Lipinski definition) is 0. The highest BCUT2D eigenvalue weighted by Crippen LogP contribution is 2.09. The first-order valence-corrected chi connectivity index (χ1v) is 4.75. The molecule has 0 saturated heterocycles. The largest absolute Gasteiger partial charge is 0.237 e. The molecule has 1 aromatic rings. The monoisotopic (exact) mass is 204 g/mol. The van der Waals surface area contributed by atoms with Crippen LogP contribution in [0.1, 0.15) is 24.9 Å². The second-order valence-electron chi connectivity index (χ2n) is 2.48. The maximum Gasteiger partial charge on any atom is 0.145 e. The van der Waals surface area contributed by atoms with Gasteiger partial charge in [-0.25, -0.2) is 9.97 Å². The fourth-order valence-corrected chi connectivity index (χ4v) is 1.30. The summed E-state index contributed by atoms with van der Waals surface area (Å²) in [5.41, 5.74) is 0.966. The highest BCUT2D eigenvalue weighted by molar-refractivity contribution is 6.29. The van der Waals surface area contributed by atoms with Gasteiger partial charge in [-0.3, -0.25) is 0 Å². The van der Waals surface area contributed by atoms with Gasteiger partial charge < -0.3 is 0 Å². The lowest BCUT2D eigenvalue weighted by Gasteiger charge is -2.00. The third-order valence-electron chi connectivity index (χ3n) is 1.42. The molecule has 66 valence electrons. The molecule has 0 fully saturated rings. The molecule has 0 saturated carbocycles. The molecule has 0 unspecified atom stereocenters. The second-order valence-corrected chi connectivity index (χ2v) is 3.14. The summed E-state index contributed by atoms with van der Waals surface area (Å²) in [6.07, 6.45) is 1.97. The molecule has 0 atom stereocenters. The van der Waals surface area contributed by atoms with E-state index in [1.165, 1.54) is 0 Å². The lowest BCUT2D eigenvalue weighted by Crippen LogP contribution is -1.97. The molecule has 0 spiro atoms. The lowest BCUT2D eigenvalue weighted by molar-refractivity contribution is 0.853. The summed E-state index contributed by atoms with van der Waals surface area (Å²) in [6.45, 7) is 2.09. The molecular formula is C8H10Cl2N2. The molecular weight excluding hydrogens is 195 g/mol. The predicted octanol–water partition coefficient (Wildman–Crippen LogP) is 2.82. The van der Waals surface area contributed by atoms with Crippen LogP contribution in [0, 0.1) is 0 Å². The van der Waals surface area contributed by atoms with Crippen molar-refractivity contribution in [1.29, 1.82) is 0 Å². The van der Waals surface area contributed by atoms with Crippen molar-refractivity contribution in [3.63, 3.8) is 0 Å². The summed E-state index contributed by atoms with van der Waals surface area (Å²) in [7, 11) is 0. The summed E-state index contributed by atoms with van der Waals surface area (Å²) in [5.74, 6) is 0.921. The van der Waals surface area contributed by atoms with Crippen molar-refractivity contribution in [3.05, 3.63) is 22.7 Å². The Hall–Kier alpha value is -0.340. The second kappa shape index (κ2) is 4.63. The van der Waals surface area contributed by atoms with Crippen molar-refractivity contribution in [2.24, 2.45) is 0 Å². The van der Waals surface area contributed by atoms with Crippen LogP contribution in [0.2, 0.25) is 5.15 Å². The summed E-state index contributed by atoms with van der Waals surface area (Å²) < 4.78 is 0. The van der Waals surface area contributed by atoms with E-state index in [1.54, 1.807) is 6.07 Å². The zero-order valence-corrected chi connectivity index (χ0v) is 8.36. The molecule has 0 aliphatic rings. The van der Waals surface area contributed by atoms with Gasteiger partial charge in [-0.2, -0.15) is 0 Å². The van der Waals surface area contributed by atoms with Gasteiger partial charge in [0.05, 0.1) is 5.88 Å². The number of nitrogens with zero attached hydrogens (tertiary/aromatic N) is 2. The quantitative estimate of drug-likeness (QED) is 0.560. The van der Waals surface area contributed by atoms with Gasteiger partial charge in [-0.15, -0.1) is 11.6 Å². The van der Waals surface area contributed by atoms with E-state index in [-0.39, 0.29) is 0 Å². The number of alkyl halides is 1. The van der Waals surface area contributed by atoms with E-state index < -0.39 is 0 Å². The fraction of sp³-hybridized carbons (Fsp3) is 0.500. The van der Waals surface area contributed by atoms with Crippen LogP contribution < -0.4 is 0 Å². The Kier molecular flexibility index (Phi) is 3.76. The molecule has 0 aromatic carbocycles. The number of halogens is 2. The molecule has 0 bridgehead atoms.